The summed E-state index contributed by atoms with van der Waals surface area (Å²) in [5.74, 6) is 5.63. The molecule has 0 aliphatic carbocycles. The van der Waals surface area contributed by atoms with Crippen LogP contribution in [0.5, 0.6) is 5.75 Å². The van der Waals surface area contributed by atoms with Crippen LogP contribution in [0.4, 0.5) is 0 Å². The van der Waals surface area contributed by atoms with Gasteiger partial charge in [-0.3, -0.25) is 4.79 Å². The molecule has 5 nitrogen and oxygen atoms in total. The topological polar surface area (TPSA) is 64.8 Å². The zero-order valence-corrected chi connectivity index (χ0v) is 13.3. The first-order chi connectivity index (χ1) is 11.2. The summed E-state index contributed by atoms with van der Waals surface area (Å²) in [6, 6.07) is 17.1. The SMILES string of the molecule is CCN(Cc1ccccc1)C(=O)c1ccc(OCCON)cc1. The third kappa shape index (κ3) is 5.09. The van der Waals surface area contributed by atoms with Crippen LogP contribution in [0.1, 0.15) is 22.8 Å². The van der Waals surface area contributed by atoms with E-state index in [1.165, 1.54) is 0 Å². The Balaban J connectivity index is 2.00. The highest BCUT2D eigenvalue weighted by molar-refractivity contribution is 5.94. The second kappa shape index (κ2) is 8.92. The van der Waals surface area contributed by atoms with Crippen molar-refractivity contribution in [3.8, 4) is 5.75 Å². The highest BCUT2D eigenvalue weighted by Gasteiger charge is 2.14. The predicted molar refractivity (Wildman–Crippen MR) is 88.9 cm³/mol. The van der Waals surface area contributed by atoms with Gasteiger partial charge in [-0.05, 0) is 36.8 Å². The average Bonchev–Trinajstić information content (AvgIpc) is 2.61. The molecule has 0 aliphatic heterocycles. The molecule has 1 amide bonds. The van der Waals surface area contributed by atoms with E-state index in [0.717, 1.165) is 5.56 Å². The Labute approximate surface area is 136 Å². The highest BCUT2D eigenvalue weighted by Crippen LogP contribution is 2.15. The Morgan fingerprint density at radius 3 is 2.35 bits per heavy atom. The van der Waals surface area contributed by atoms with Crippen molar-refractivity contribution in [3.63, 3.8) is 0 Å². The monoisotopic (exact) mass is 314 g/mol. The lowest BCUT2D eigenvalue weighted by Gasteiger charge is -2.21. The fourth-order valence-corrected chi connectivity index (χ4v) is 2.21. The Kier molecular flexibility index (Phi) is 6.59. The minimum atomic E-state index is 0.00759. The second-order valence-corrected chi connectivity index (χ2v) is 5.05. The van der Waals surface area contributed by atoms with E-state index in [0.29, 0.717) is 37.6 Å². The van der Waals surface area contributed by atoms with Crippen LogP contribution in [0.25, 0.3) is 0 Å². The molecule has 2 aromatic rings. The molecule has 0 fully saturated rings. The molecule has 5 heteroatoms. The van der Waals surface area contributed by atoms with Crippen molar-refractivity contribution in [1.29, 1.82) is 0 Å². The summed E-state index contributed by atoms with van der Waals surface area (Å²) in [5.41, 5.74) is 1.76. The third-order valence-corrected chi connectivity index (χ3v) is 3.46. The van der Waals surface area contributed by atoms with Crippen LogP contribution >= 0.6 is 0 Å². The molecule has 0 saturated carbocycles. The summed E-state index contributed by atoms with van der Waals surface area (Å²) in [4.78, 5) is 18.9. The maximum Gasteiger partial charge on any atom is 0.254 e. The van der Waals surface area contributed by atoms with Gasteiger partial charge in [0.2, 0.25) is 0 Å². The Morgan fingerprint density at radius 2 is 1.74 bits per heavy atom. The van der Waals surface area contributed by atoms with Gasteiger partial charge < -0.3 is 14.5 Å². The maximum absolute atomic E-state index is 12.6. The molecular weight excluding hydrogens is 292 g/mol. The first-order valence-corrected chi connectivity index (χ1v) is 7.62. The van der Waals surface area contributed by atoms with Gasteiger partial charge in [0.15, 0.2) is 0 Å². The number of benzene rings is 2. The van der Waals surface area contributed by atoms with E-state index in [1.807, 2.05) is 42.2 Å². The van der Waals surface area contributed by atoms with Gasteiger partial charge >= 0.3 is 0 Å². The van der Waals surface area contributed by atoms with Crippen molar-refractivity contribution in [2.45, 2.75) is 13.5 Å². The van der Waals surface area contributed by atoms with Gasteiger partial charge in [-0.2, -0.15) is 0 Å². The van der Waals surface area contributed by atoms with Crippen molar-refractivity contribution in [2.24, 2.45) is 5.90 Å². The lowest BCUT2D eigenvalue weighted by atomic mass is 10.1. The summed E-state index contributed by atoms with van der Waals surface area (Å²) in [5, 5.41) is 0. The van der Waals surface area contributed by atoms with E-state index in [2.05, 4.69) is 4.84 Å². The van der Waals surface area contributed by atoms with Gasteiger partial charge in [0, 0.05) is 18.7 Å². The maximum atomic E-state index is 12.6. The normalized spacial score (nSPS) is 10.3. The minimum absolute atomic E-state index is 0.00759. The van der Waals surface area contributed by atoms with Crippen LogP contribution in [0.2, 0.25) is 0 Å². The predicted octanol–water partition coefficient (Wildman–Crippen LogP) is 2.62. The van der Waals surface area contributed by atoms with Crippen molar-refractivity contribution < 1.29 is 14.4 Å². The van der Waals surface area contributed by atoms with Gasteiger partial charge in [0.05, 0.1) is 0 Å². The first kappa shape index (κ1) is 17.0. The Bertz CT molecular complexity index is 599. The molecule has 0 saturated heterocycles. The van der Waals surface area contributed by atoms with Crippen molar-refractivity contribution in [1.82, 2.24) is 4.90 Å². The fourth-order valence-electron chi connectivity index (χ4n) is 2.21. The molecule has 0 atom stereocenters. The second-order valence-electron chi connectivity index (χ2n) is 5.05. The lowest BCUT2D eigenvalue weighted by Crippen LogP contribution is -2.30. The highest BCUT2D eigenvalue weighted by atomic mass is 16.6. The van der Waals surface area contributed by atoms with Gasteiger partial charge in [-0.1, -0.05) is 30.3 Å². The quantitative estimate of drug-likeness (QED) is 0.601. The smallest absolute Gasteiger partial charge is 0.254 e. The van der Waals surface area contributed by atoms with E-state index in [9.17, 15) is 4.79 Å². The van der Waals surface area contributed by atoms with Crippen LogP contribution in [0.15, 0.2) is 54.6 Å². The molecule has 2 aromatic carbocycles. The van der Waals surface area contributed by atoms with Crippen LogP contribution in [-0.2, 0) is 11.4 Å². The van der Waals surface area contributed by atoms with E-state index in [4.69, 9.17) is 10.6 Å². The molecule has 0 unspecified atom stereocenters. The first-order valence-electron chi connectivity index (χ1n) is 7.62. The average molecular weight is 314 g/mol. The Hall–Kier alpha value is -2.37. The number of hydrogen-bond donors (Lipinski definition) is 1. The van der Waals surface area contributed by atoms with Crippen LogP contribution in [0.3, 0.4) is 0 Å². The zero-order valence-electron chi connectivity index (χ0n) is 13.3. The summed E-state index contributed by atoms with van der Waals surface area (Å²) < 4.78 is 5.43. The van der Waals surface area contributed by atoms with E-state index in [1.54, 1.807) is 24.3 Å². The lowest BCUT2D eigenvalue weighted by molar-refractivity contribution is 0.0752. The van der Waals surface area contributed by atoms with Crippen molar-refractivity contribution in [2.75, 3.05) is 19.8 Å². The number of carbonyl (C=O) groups is 1. The molecule has 0 aromatic heterocycles. The molecule has 0 bridgehead atoms. The van der Waals surface area contributed by atoms with Gasteiger partial charge in [-0.15, -0.1) is 0 Å². The molecule has 0 heterocycles. The molecule has 0 spiro atoms. The molecule has 0 aliphatic rings. The van der Waals surface area contributed by atoms with E-state index >= 15 is 0 Å². The molecule has 0 radical (unpaired) electrons. The third-order valence-electron chi connectivity index (χ3n) is 3.46. The van der Waals surface area contributed by atoms with Crippen LogP contribution < -0.4 is 10.6 Å². The van der Waals surface area contributed by atoms with Crippen molar-refractivity contribution >= 4 is 5.91 Å². The molecule has 122 valence electrons. The largest absolute Gasteiger partial charge is 0.491 e. The van der Waals surface area contributed by atoms with Crippen LogP contribution in [0, 0.1) is 0 Å². The fraction of sp³-hybridized carbons (Fsp3) is 0.278. The van der Waals surface area contributed by atoms with E-state index < -0.39 is 0 Å². The summed E-state index contributed by atoms with van der Waals surface area (Å²) in [6.07, 6.45) is 0. The molecular formula is C18H22N2O3. The summed E-state index contributed by atoms with van der Waals surface area (Å²) in [7, 11) is 0. The number of nitrogens with zero attached hydrogens (tertiary/aromatic N) is 1. The van der Waals surface area contributed by atoms with Gasteiger partial charge in [-0.25, -0.2) is 5.90 Å². The zero-order chi connectivity index (χ0) is 16.5. The molecule has 2 N–H and O–H groups in total. The summed E-state index contributed by atoms with van der Waals surface area (Å²) >= 11 is 0. The standard InChI is InChI=1S/C18H22N2O3/c1-2-20(14-15-6-4-3-5-7-15)18(21)16-8-10-17(11-9-16)22-12-13-23-19/h3-11H,2,12-14,19H2,1H3. The minimum Gasteiger partial charge on any atom is -0.491 e. The van der Waals surface area contributed by atoms with Crippen molar-refractivity contribution in [3.05, 3.63) is 65.7 Å². The number of hydrogen-bond acceptors (Lipinski definition) is 4. The van der Waals surface area contributed by atoms with Gasteiger partial charge in [0.25, 0.3) is 5.91 Å². The molecule has 23 heavy (non-hydrogen) atoms. The van der Waals surface area contributed by atoms with Crippen LogP contribution in [-0.4, -0.2) is 30.6 Å². The number of carbonyl (C=O) groups excluding carboxylic acids is 1. The number of nitrogens with two attached hydrogens (primary N) is 1. The van der Waals surface area contributed by atoms with E-state index in [-0.39, 0.29) is 5.91 Å². The number of ether oxygens (including phenoxy) is 1. The number of rotatable bonds is 8. The molecule has 2 rings (SSSR count). The van der Waals surface area contributed by atoms with Gasteiger partial charge in [0.1, 0.15) is 19.0 Å². The number of amides is 1. The Morgan fingerprint density at radius 1 is 1.04 bits per heavy atom. The summed E-state index contributed by atoms with van der Waals surface area (Å²) in [6.45, 7) is 3.92.